The van der Waals surface area contributed by atoms with E-state index in [1.54, 1.807) is 0 Å². The minimum absolute atomic E-state index is 0.633. The second-order valence-corrected chi connectivity index (χ2v) is 4.59. The van der Waals surface area contributed by atoms with E-state index in [9.17, 15) is 0 Å². The van der Waals surface area contributed by atoms with Gasteiger partial charge >= 0.3 is 0 Å². The molecule has 0 spiro atoms. The molecular weight excluding hydrogens is 266 g/mol. The van der Waals surface area contributed by atoms with Gasteiger partial charge in [0.25, 0.3) is 0 Å². The molecule has 1 rings (SSSR count). The standard InChI is InChI=1S/C13H18BrNO/c1-3-4-7-16-13-10(2)8-12(14)9-11(13)5-6-15/h3,8-9H,1,4-7,15H2,2H3. The van der Waals surface area contributed by atoms with Gasteiger partial charge in [0.05, 0.1) is 6.61 Å². The van der Waals surface area contributed by atoms with Crippen molar-refractivity contribution in [3.8, 4) is 5.75 Å². The fourth-order valence-corrected chi connectivity index (χ4v) is 2.21. The molecule has 0 saturated carbocycles. The number of rotatable bonds is 6. The van der Waals surface area contributed by atoms with E-state index in [0.717, 1.165) is 28.6 Å². The summed E-state index contributed by atoms with van der Waals surface area (Å²) in [6.07, 6.45) is 3.55. The molecule has 0 aliphatic rings. The van der Waals surface area contributed by atoms with Crippen molar-refractivity contribution in [2.75, 3.05) is 13.2 Å². The molecule has 0 unspecified atom stereocenters. The monoisotopic (exact) mass is 283 g/mol. The second kappa shape index (κ2) is 6.71. The van der Waals surface area contributed by atoms with Crippen molar-refractivity contribution in [1.29, 1.82) is 0 Å². The zero-order valence-corrected chi connectivity index (χ0v) is 11.2. The fourth-order valence-electron chi connectivity index (χ4n) is 1.59. The molecular formula is C13H18BrNO. The molecule has 0 heterocycles. The predicted octanol–water partition coefficient (Wildman–Crippen LogP) is 3.21. The molecule has 0 amide bonds. The maximum Gasteiger partial charge on any atom is 0.125 e. The lowest BCUT2D eigenvalue weighted by molar-refractivity contribution is 0.319. The van der Waals surface area contributed by atoms with Crippen LogP contribution in [0.3, 0.4) is 0 Å². The van der Waals surface area contributed by atoms with E-state index in [2.05, 4.69) is 34.6 Å². The first-order chi connectivity index (χ1) is 7.69. The number of halogens is 1. The summed E-state index contributed by atoms with van der Waals surface area (Å²) in [6.45, 7) is 7.03. The molecule has 3 heteroatoms. The van der Waals surface area contributed by atoms with E-state index in [1.807, 2.05) is 13.0 Å². The van der Waals surface area contributed by atoms with E-state index in [-0.39, 0.29) is 0 Å². The van der Waals surface area contributed by atoms with Crippen molar-refractivity contribution in [2.24, 2.45) is 5.73 Å². The number of hydrogen-bond donors (Lipinski definition) is 1. The van der Waals surface area contributed by atoms with Crippen LogP contribution in [0, 0.1) is 6.92 Å². The summed E-state index contributed by atoms with van der Waals surface area (Å²) in [5.41, 5.74) is 7.90. The molecule has 1 aromatic carbocycles. The van der Waals surface area contributed by atoms with Crippen LogP contribution in [0.4, 0.5) is 0 Å². The highest BCUT2D eigenvalue weighted by atomic mass is 79.9. The van der Waals surface area contributed by atoms with Crippen molar-refractivity contribution < 1.29 is 4.74 Å². The molecule has 0 fully saturated rings. The van der Waals surface area contributed by atoms with Crippen molar-refractivity contribution in [1.82, 2.24) is 0 Å². The molecule has 16 heavy (non-hydrogen) atoms. The van der Waals surface area contributed by atoms with Crippen LogP contribution < -0.4 is 10.5 Å². The van der Waals surface area contributed by atoms with Gasteiger partial charge in [0, 0.05) is 4.47 Å². The molecule has 0 saturated heterocycles. The van der Waals surface area contributed by atoms with E-state index in [1.165, 1.54) is 5.56 Å². The number of hydrogen-bond acceptors (Lipinski definition) is 2. The van der Waals surface area contributed by atoms with E-state index < -0.39 is 0 Å². The lowest BCUT2D eigenvalue weighted by Crippen LogP contribution is -2.07. The van der Waals surface area contributed by atoms with Gasteiger partial charge in [-0.15, -0.1) is 6.58 Å². The zero-order valence-electron chi connectivity index (χ0n) is 9.63. The highest BCUT2D eigenvalue weighted by Crippen LogP contribution is 2.28. The van der Waals surface area contributed by atoms with Crippen LogP contribution in [0.2, 0.25) is 0 Å². The summed E-state index contributed by atoms with van der Waals surface area (Å²) in [6, 6.07) is 4.13. The molecule has 0 bridgehead atoms. The Labute approximate surface area is 106 Å². The Hall–Kier alpha value is -0.800. The average Bonchev–Trinajstić information content (AvgIpc) is 2.22. The molecule has 88 valence electrons. The highest BCUT2D eigenvalue weighted by molar-refractivity contribution is 9.10. The molecule has 0 aliphatic heterocycles. The van der Waals surface area contributed by atoms with Gasteiger partial charge in [0.15, 0.2) is 0 Å². The van der Waals surface area contributed by atoms with Gasteiger partial charge in [-0.05, 0) is 49.6 Å². The normalized spacial score (nSPS) is 10.2. The quantitative estimate of drug-likeness (QED) is 0.643. The third-order valence-corrected chi connectivity index (χ3v) is 2.76. The smallest absolute Gasteiger partial charge is 0.125 e. The minimum Gasteiger partial charge on any atom is -0.493 e. The molecule has 0 aromatic heterocycles. The Morgan fingerprint density at radius 1 is 1.50 bits per heavy atom. The fraction of sp³-hybridized carbons (Fsp3) is 0.385. The summed E-state index contributed by atoms with van der Waals surface area (Å²) < 4.78 is 6.84. The third-order valence-electron chi connectivity index (χ3n) is 2.30. The number of nitrogens with two attached hydrogens (primary N) is 1. The van der Waals surface area contributed by atoms with E-state index >= 15 is 0 Å². The van der Waals surface area contributed by atoms with Crippen LogP contribution in [-0.4, -0.2) is 13.2 Å². The van der Waals surface area contributed by atoms with Gasteiger partial charge in [0.1, 0.15) is 5.75 Å². The van der Waals surface area contributed by atoms with E-state index in [0.29, 0.717) is 13.2 Å². The topological polar surface area (TPSA) is 35.2 Å². The maximum atomic E-state index is 5.77. The largest absolute Gasteiger partial charge is 0.493 e. The van der Waals surface area contributed by atoms with Crippen LogP contribution in [-0.2, 0) is 6.42 Å². The number of ether oxygens (including phenoxy) is 1. The lowest BCUT2D eigenvalue weighted by atomic mass is 10.1. The maximum absolute atomic E-state index is 5.77. The Kier molecular flexibility index (Phi) is 5.56. The Morgan fingerprint density at radius 2 is 2.25 bits per heavy atom. The van der Waals surface area contributed by atoms with Gasteiger partial charge in [-0.1, -0.05) is 22.0 Å². The molecule has 2 nitrogen and oxygen atoms in total. The third kappa shape index (κ3) is 3.65. The molecule has 1 aromatic rings. The van der Waals surface area contributed by atoms with Crippen LogP contribution >= 0.6 is 15.9 Å². The molecule has 0 aliphatic carbocycles. The first-order valence-corrected chi connectivity index (χ1v) is 6.21. The predicted molar refractivity (Wildman–Crippen MR) is 71.9 cm³/mol. The SMILES string of the molecule is C=CCCOc1c(C)cc(Br)cc1CCN. The van der Waals surface area contributed by atoms with Gasteiger partial charge in [-0.3, -0.25) is 0 Å². The average molecular weight is 284 g/mol. The highest BCUT2D eigenvalue weighted by Gasteiger charge is 2.08. The van der Waals surface area contributed by atoms with Gasteiger partial charge < -0.3 is 10.5 Å². The summed E-state index contributed by atoms with van der Waals surface area (Å²) >= 11 is 3.49. The van der Waals surface area contributed by atoms with Gasteiger partial charge in [-0.2, -0.15) is 0 Å². The van der Waals surface area contributed by atoms with Crippen molar-refractivity contribution in [3.63, 3.8) is 0 Å². The lowest BCUT2D eigenvalue weighted by Gasteiger charge is -2.14. The summed E-state index contributed by atoms with van der Waals surface area (Å²) in [4.78, 5) is 0. The number of benzene rings is 1. The van der Waals surface area contributed by atoms with Gasteiger partial charge in [-0.25, -0.2) is 0 Å². The Bertz CT molecular complexity index is 363. The van der Waals surface area contributed by atoms with Crippen molar-refractivity contribution in [3.05, 3.63) is 40.4 Å². The Morgan fingerprint density at radius 3 is 2.88 bits per heavy atom. The summed E-state index contributed by atoms with van der Waals surface area (Å²) in [7, 11) is 0. The van der Waals surface area contributed by atoms with Crippen LogP contribution in [0.5, 0.6) is 5.75 Å². The van der Waals surface area contributed by atoms with Crippen LogP contribution in [0.1, 0.15) is 17.5 Å². The van der Waals surface area contributed by atoms with E-state index in [4.69, 9.17) is 10.5 Å². The van der Waals surface area contributed by atoms with Crippen LogP contribution in [0.15, 0.2) is 29.3 Å². The number of aryl methyl sites for hydroxylation is 1. The first-order valence-electron chi connectivity index (χ1n) is 5.41. The molecule has 0 atom stereocenters. The summed E-state index contributed by atoms with van der Waals surface area (Å²) in [5, 5.41) is 0. The van der Waals surface area contributed by atoms with Gasteiger partial charge in [0.2, 0.25) is 0 Å². The van der Waals surface area contributed by atoms with Crippen LogP contribution in [0.25, 0.3) is 0 Å². The van der Waals surface area contributed by atoms with Crippen molar-refractivity contribution >= 4 is 15.9 Å². The summed E-state index contributed by atoms with van der Waals surface area (Å²) in [5.74, 6) is 0.968. The second-order valence-electron chi connectivity index (χ2n) is 3.68. The Balaban J connectivity index is 2.89. The minimum atomic E-state index is 0.633. The first kappa shape index (κ1) is 13.3. The molecule has 2 N–H and O–H groups in total. The zero-order chi connectivity index (χ0) is 12.0. The van der Waals surface area contributed by atoms with Crippen molar-refractivity contribution in [2.45, 2.75) is 19.8 Å². The molecule has 0 radical (unpaired) electrons.